The lowest BCUT2D eigenvalue weighted by Gasteiger charge is -2.22. The van der Waals surface area contributed by atoms with Crippen molar-refractivity contribution in [1.82, 2.24) is 10.6 Å². The van der Waals surface area contributed by atoms with Gasteiger partial charge in [0.2, 0.25) is 5.91 Å². The molecule has 0 heterocycles. The first kappa shape index (κ1) is 21.4. The number of amides is 3. The summed E-state index contributed by atoms with van der Waals surface area (Å²) in [5, 5.41) is 8.31. The van der Waals surface area contributed by atoms with E-state index in [1.807, 2.05) is 64.1 Å². The molecular weight excluding hydrogens is 354 g/mol. The second-order valence-electron chi connectivity index (χ2n) is 7.12. The van der Waals surface area contributed by atoms with Crippen LogP contribution in [0.2, 0.25) is 0 Å². The lowest BCUT2D eigenvalue weighted by atomic mass is 10.0. The van der Waals surface area contributed by atoms with Crippen LogP contribution in [0.3, 0.4) is 0 Å². The Balaban J connectivity index is 1.96. The summed E-state index contributed by atoms with van der Waals surface area (Å²) in [7, 11) is 1.62. The van der Waals surface area contributed by atoms with Crippen molar-refractivity contribution in [2.24, 2.45) is 0 Å². The number of hydrogen-bond donors (Lipinski definition) is 3. The summed E-state index contributed by atoms with van der Waals surface area (Å²) < 4.78 is 5.41. The molecule has 2 rings (SSSR count). The van der Waals surface area contributed by atoms with Crippen molar-refractivity contribution in [3.8, 4) is 5.75 Å². The van der Waals surface area contributed by atoms with Crippen molar-refractivity contribution in [3.63, 3.8) is 0 Å². The first-order valence-electron chi connectivity index (χ1n) is 9.31. The minimum absolute atomic E-state index is 0.127. The number of carbonyl (C=O) groups is 2. The number of nitrogens with one attached hydrogen (secondary N) is 3. The van der Waals surface area contributed by atoms with Crippen molar-refractivity contribution in [1.29, 1.82) is 0 Å². The number of methoxy groups -OCH3 is 1. The van der Waals surface area contributed by atoms with Gasteiger partial charge < -0.3 is 10.1 Å². The number of imide groups is 1. The first-order valence-corrected chi connectivity index (χ1v) is 9.31. The number of anilines is 1. The van der Waals surface area contributed by atoms with Crippen molar-refractivity contribution in [3.05, 3.63) is 58.7 Å². The molecule has 0 radical (unpaired) electrons. The molecule has 0 aromatic heterocycles. The number of hydrogen-bond acceptors (Lipinski definition) is 4. The number of aryl methyl sites for hydroxylation is 3. The highest BCUT2D eigenvalue weighted by atomic mass is 16.5. The summed E-state index contributed by atoms with van der Waals surface area (Å²) in [6, 6.07) is 10.4. The number of rotatable bonds is 6. The van der Waals surface area contributed by atoms with Gasteiger partial charge in [-0.1, -0.05) is 35.4 Å². The van der Waals surface area contributed by atoms with E-state index in [-0.39, 0.29) is 6.04 Å². The van der Waals surface area contributed by atoms with Gasteiger partial charge in [0.15, 0.2) is 0 Å². The van der Waals surface area contributed by atoms with Gasteiger partial charge in [-0.3, -0.25) is 15.4 Å². The van der Waals surface area contributed by atoms with E-state index in [9.17, 15) is 9.59 Å². The third-order valence-corrected chi connectivity index (χ3v) is 4.61. The monoisotopic (exact) mass is 383 g/mol. The Bertz CT molecular complexity index is 864. The van der Waals surface area contributed by atoms with Gasteiger partial charge >= 0.3 is 6.03 Å². The van der Waals surface area contributed by atoms with E-state index in [2.05, 4.69) is 16.0 Å². The summed E-state index contributed by atoms with van der Waals surface area (Å²) in [6.07, 6.45) is 0. The predicted octanol–water partition coefficient (Wildman–Crippen LogP) is 4.01. The molecule has 0 aliphatic heterocycles. The van der Waals surface area contributed by atoms with Gasteiger partial charge in [-0.15, -0.1) is 0 Å². The van der Waals surface area contributed by atoms with Gasteiger partial charge in [0.25, 0.3) is 0 Å². The normalized spacial score (nSPS) is 12.8. The molecule has 6 heteroatoms. The first-order chi connectivity index (χ1) is 13.2. The summed E-state index contributed by atoms with van der Waals surface area (Å²) in [5.74, 6) is 0.353. The lowest BCUT2D eigenvalue weighted by Crippen LogP contribution is -2.46. The molecule has 2 unspecified atom stereocenters. The minimum atomic E-state index is -0.565. The van der Waals surface area contributed by atoms with Gasteiger partial charge in [-0.25, -0.2) is 4.79 Å². The van der Waals surface area contributed by atoms with E-state index >= 15 is 0 Å². The molecule has 3 N–H and O–H groups in total. The average molecular weight is 383 g/mol. The summed E-state index contributed by atoms with van der Waals surface area (Å²) >= 11 is 0. The largest absolute Gasteiger partial charge is 0.496 e. The Morgan fingerprint density at radius 1 is 0.964 bits per heavy atom. The SMILES string of the molecule is COc1ccc(C)cc1C(C)NC(C)C(=O)NC(=O)Nc1ccc(C)cc1C. The molecule has 0 spiro atoms. The Morgan fingerprint density at radius 2 is 1.61 bits per heavy atom. The fourth-order valence-corrected chi connectivity index (χ4v) is 3.06. The van der Waals surface area contributed by atoms with Gasteiger partial charge in [0.05, 0.1) is 13.2 Å². The Hall–Kier alpha value is -2.86. The summed E-state index contributed by atoms with van der Waals surface area (Å²) in [5.41, 5.74) is 4.79. The maximum atomic E-state index is 12.4. The fourth-order valence-electron chi connectivity index (χ4n) is 3.06. The van der Waals surface area contributed by atoms with Crippen LogP contribution in [0, 0.1) is 20.8 Å². The number of benzene rings is 2. The van der Waals surface area contributed by atoms with Crippen molar-refractivity contribution in [2.45, 2.75) is 46.7 Å². The fraction of sp³-hybridized carbons (Fsp3) is 0.364. The quantitative estimate of drug-likeness (QED) is 0.704. The highest BCUT2D eigenvalue weighted by Crippen LogP contribution is 2.26. The van der Waals surface area contributed by atoms with Gasteiger partial charge in [-0.05, 0) is 52.3 Å². The van der Waals surface area contributed by atoms with Crippen LogP contribution in [0.1, 0.15) is 42.1 Å². The van der Waals surface area contributed by atoms with Crippen LogP contribution >= 0.6 is 0 Å². The third-order valence-electron chi connectivity index (χ3n) is 4.61. The van der Waals surface area contributed by atoms with Crippen molar-refractivity contribution < 1.29 is 14.3 Å². The van der Waals surface area contributed by atoms with Crippen LogP contribution in [0.25, 0.3) is 0 Å². The zero-order valence-corrected chi connectivity index (χ0v) is 17.3. The number of ether oxygens (including phenoxy) is 1. The molecule has 2 atom stereocenters. The van der Waals surface area contributed by atoms with E-state index in [1.165, 1.54) is 0 Å². The second-order valence-corrected chi connectivity index (χ2v) is 7.12. The Morgan fingerprint density at radius 3 is 2.25 bits per heavy atom. The molecule has 2 aromatic carbocycles. The molecule has 0 saturated carbocycles. The maximum Gasteiger partial charge on any atom is 0.325 e. The van der Waals surface area contributed by atoms with E-state index < -0.39 is 18.0 Å². The van der Waals surface area contributed by atoms with Crippen LogP contribution in [0.5, 0.6) is 5.75 Å². The second kappa shape index (κ2) is 9.37. The van der Waals surface area contributed by atoms with E-state index in [0.717, 1.165) is 28.0 Å². The van der Waals surface area contributed by atoms with Crippen LogP contribution in [-0.2, 0) is 4.79 Å². The number of carbonyl (C=O) groups excluding carboxylic acids is 2. The number of urea groups is 1. The molecule has 3 amide bonds. The van der Waals surface area contributed by atoms with Gasteiger partial charge in [-0.2, -0.15) is 0 Å². The molecule has 28 heavy (non-hydrogen) atoms. The maximum absolute atomic E-state index is 12.4. The zero-order valence-electron chi connectivity index (χ0n) is 17.3. The molecule has 6 nitrogen and oxygen atoms in total. The molecular formula is C22H29N3O3. The van der Waals surface area contributed by atoms with Crippen molar-refractivity contribution >= 4 is 17.6 Å². The molecule has 0 aliphatic carbocycles. The molecule has 0 fully saturated rings. The predicted molar refractivity (Wildman–Crippen MR) is 112 cm³/mol. The van der Waals surface area contributed by atoms with Gasteiger partial charge in [0, 0.05) is 17.3 Å². The molecule has 150 valence electrons. The topological polar surface area (TPSA) is 79.5 Å². The van der Waals surface area contributed by atoms with Gasteiger partial charge in [0.1, 0.15) is 5.75 Å². The van der Waals surface area contributed by atoms with E-state index in [4.69, 9.17) is 4.74 Å². The smallest absolute Gasteiger partial charge is 0.325 e. The molecule has 0 saturated heterocycles. The van der Waals surface area contributed by atoms with Crippen LogP contribution in [0.15, 0.2) is 36.4 Å². The highest BCUT2D eigenvalue weighted by molar-refractivity contribution is 6.03. The summed E-state index contributed by atoms with van der Waals surface area (Å²) in [4.78, 5) is 24.6. The lowest BCUT2D eigenvalue weighted by molar-refractivity contribution is -0.121. The summed E-state index contributed by atoms with van der Waals surface area (Å²) in [6.45, 7) is 9.57. The molecule has 2 aromatic rings. The van der Waals surface area contributed by atoms with Crippen LogP contribution in [-0.4, -0.2) is 25.1 Å². The Kier molecular flexibility index (Phi) is 7.18. The van der Waals surface area contributed by atoms with Crippen LogP contribution < -0.4 is 20.7 Å². The van der Waals surface area contributed by atoms with E-state index in [0.29, 0.717) is 5.69 Å². The minimum Gasteiger partial charge on any atom is -0.496 e. The zero-order chi connectivity index (χ0) is 20.8. The third kappa shape index (κ3) is 5.57. The molecule has 0 bridgehead atoms. The Labute approximate surface area is 166 Å². The standard InChI is InChI=1S/C22H29N3O3/c1-13-7-9-19(15(3)11-13)24-22(27)25-21(26)17(5)23-16(4)18-12-14(2)8-10-20(18)28-6/h7-12,16-17,23H,1-6H3,(H2,24,25,26,27). The molecule has 0 aliphatic rings. The van der Waals surface area contributed by atoms with Crippen LogP contribution in [0.4, 0.5) is 10.5 Å². The van der Waals surface area contributed by atoms with E-state index in [1.54, 1.807) is 14.0 Å². The highest BCUT2D eigenvalue weighted by Gasteiger charge is 2.20. The van der Waals surface area contributed by atoms with Crippen molar-refractivity contribution in [2.75, 3.05) is 12.4 Å². The average Bonchev–Trinajstić information content (AvgIpc) is 2.63.